The normalized spacial score (nSPS) is 11.9. The van der Waals surface area contributed by atoms with E-state index >= 15 is 0 Å². The lowest BCUT2D eigenvalue weighted by Gasteiger charge is -2.19. The van der Waals surface area contributed by atoms with Crippen LogP contribution in [0, 0.1) is 0 Å². The maximum Gasteiger partial charge on any atom is 0.428 e. The number of benzene rings is 2. The second kappa shape index (κ2) is 11.4. The molecule has 6 heteroatoms. The number of allylic oxidation sites excluding steroid dienone is 1. The van der Waals surface area contributed by atoms with E-state index in [9.17, 15) is 9.59 Å². The second-order valence-electron chi connectivity index (χ2n) is 6.32. The van der Waals surface area contributed by atoms with Gasteiger partial charge in [-0.3, -0.25) is 4.79 Å². The number of hydrogen-bond acceptors (Lipinski definition) is 4. The first-order valence-electron chi connectivity index (χ1n) is 9.28. The number of ether oxygens (including phenoxy) is 1. The van der Waals surface area contributed by atoms with Crippen LogP contribution < -0.4 is 16.0 Å². The molecule has 1 atom stereocenters. The van der Waals surface area contributed by atoms with Gasteiger partial charge in [-0.1, -0.05) is 48.6 Å². The Balaban J connectivity index is 1.79. The fourth-order valence-electron chi connectivity index (χ4n) is 2.85. The molecule has 0 aromatic heterocycles. The number of primary amides is 1. The Morgan fingerprint density at radius 3 is 2.71 bits per heavy atom. The molecule has 3 N–H and O–H groups in total. The van der Waals surface area contributed by atoms with Gasteiger partial charge in [0, 0.05) is 17.9 Å². The summed E-state index contributed by atoms with van der Waals surface area (Å²) in [5.41, 5.74) is 6.67. The van der Waals surface area contributed by atoms with Crippen LogP contribution in [-0.4, -0.2) is 18.1 Å². The van der Waals surface area contributed by atoms with Crippen molar-refractivity contribution in [3.63, 3.8) is 0 Å². The molecule has 0 saturated heterocycles. The third kappa shape index (κ3) is 7.15. The molecular formula is C22H26N2O4. The Morgan fingerprint density at radius 1 is 1.14 bits per heavy atom. The van der Waals surface area contributed by atoms with Gasteiger partial charge in [0.05, 0.1) is 0 Å². The van der Waals surface area contributed by atoms with Crippen molar-refractivity contribution < 1.29 is 19.2 Å². The van der Waals surface area contributed by atoms with Gasteiger partial charge in [0.1, 0.15) is 11.9 Å². The van der Waals surface area contributed by atoms with E-state index in [4.69, 9.17) is 10.5 Å². The van der Waals surface area contributed by atoms with Crippen molar-refractivity contribution in [2.75, 3.05) is 0 Å². The van der Waals surface area contributed by atoms with Gasteiger partial charge in [-0.25, -0.2) is 4.79 Å². The highest BCUT2D eigenvalue weighted by atomic mass is 16.7. The summed E-state index contributed by atoms with van der Waals surface area (Å²) in [7, 11) is 0. The number of nitrogens with two attached hydrogens (primary N) is 1. The molecule has 0 fully saturated rings. The van der Waals surface area contributed by atoms with Crippen LogP contribution >= 0.6 is 0 Å². The number of rotatable bonds is 10. The first-order valence-corrected chi connectivity index (χ1v) is 9.28. The monoisotopic (exact) mass is 382 g/mol. The maximum atomic E-state index is 11.3. The SMILES string of the molecule is C=CCC(CCCCC=CC(=O)NOC(N)=O)Oc1cccc2ccccc12. The van der Waals surface area contributed by atoms with Gasteiger partial charge in [0.15, 0.2) is 0 Å². The highest BCUT2D eigenvalue weighted by Crippen LogP contribution is 2.27. The molecule has 2 aromatic carbocycles. The molecule has 0 aliphatic rings. The Bertz CT molecular complexity index is 827. The zero-order valence-electron chi connectivity index (χ0n) is 15.8. The minimum absolute atomic E-state index is 0.0551. The van der Waals surface area contributed by atoms with E-state index in [0.29, 0.717) is 0 Å². The van der Waals surface area contributed by atoms with Gasteiger partial charge < -0.3 is 15.3 Å². The third-order valence-electron chi connectivity index (χ3n) is 4.14. The van der Waals surface area contributed by atoms with Gasteiger partial charge in [0.2, 0.25) is 0 Å². The van der Waals surface area contributed by atoms with E-state index in [1.807, 2.05) is 35.8 Å². The van der Waals surface area contributed by atoms with E-state index in [1.54, 1.807) is 6.08 Å². The van der Waals surface area contributed by atoms with Crippen molar-refractivity contribution in [3.05, 3.63) is 67.3 Å². The predicted octanol–water partition coefficient (Wildman–Crippen LogP) is 4.41. The fraction of sp³-hybridized carbons (Fsp3) is 0.273. The van der Waals surface area contributed by atoms with Gasteiger partial charge >= 0.3 is 6.09 Å². The third-order valence-corrected chi connectivity index (χ3v) is 4.14. The topological polar surface area (TPSA) is 90.6 Å². The fourth-order valence-corrected chi connectivity index (χ4v) is 2.85. The summed E-state index contributed by atoms with van der Waals surface area (Å²) in [5, 5.41) is 2.26. The lowest BCUT2D eigenvalue weighted by atomic mass is 10.1. The summed E-state index contributed by atoms with van der Waals surface area (Å²) in [4.78, 5) is 25.9. The molecule has 2 amide bonds. The van der Waals surface area contributed by atoms with Crippen LogP contribution in [0.2, 0.25) is 0 Å². The highest BCUT2D eigenvalue weighted by Gasteiger charge is 2.10. The molecule has 0 bridgehead atoms. The lowest BCUT2D eigenvalue weighted by molar-refractivity contribution is -0.124. The van der Waals surface area contributed by atoms with Gasteiger partial charge in [-0.2, -0.15) is 5.48 Å². The van der Waals surface area contributed by atoms with E-state index < -0.39 is 12.0 Å². The predicted molar refractivity (Wildman–Crippen MR) is 110 cm³/mol. The quantitative estimate of drug-likeness (QED) is 0.276. The van der Waals surface area contributed by atoms with Crippen molar-refractivity contribution in [1.82, 2.24) is 5.48 Å². The zero-order chi connectivity index (χ0) is 20.2. The number of carbonyl (C=O) groups excluding carboxylic acids is 2. The van der Waals surface area contributed by atoms with E-state index in [-0.39, 0.29) is 6.10 Å². The molecule has 6 nitrogen and oxygen atoms in total. The summed E-state index contributed by atoms with van der Waals surface area (Å²) < 4.78 is 6.25. The molecular weight excluding hydrogens is 356 g/mol. The summed E-state index contributed by atoms with van der Waals surface area (Å²) in [5.74, 6) is 0.360. The number of amides is 2. The average Bonchev–Trinajstić information content (AvgIpc) is 2.69. The van der Waals surface area contributed by atoms with Gasteiger partial charge in [-0.05, 0) is 37.1 Å². The molecule has 0 heterocycles. The Morgan fingerprint density at radius 2 is 1.93 bits per heavy atom. The molecule has 0 radical (unpaired) electrons. The first-order chi connectivity index (χ1) is 13.6. The number of nitrogens with one attached hydrogen (secondary N) is 1. The largest absolute Gasteiger partial charge is 0.489 e. The van der Waals surface area contributed by atoms with Crippen molar-refractivity contribution >= 4 is 22.8 Å². The first kappa shape index (κ1) is 21.0. The molecule has 0 saturated carbocycles. The van der Waals surface area contributed by atoms with Crippen LogP contribution in [-0.2, 0) is 9.63 Å². The van der Waals surface area contributed by atoms with Gasteiger partial charge in [0.25, 0.3) is 5.91 Å². The smallest absolute Gasteiger partial charge is 0.428 e. The number of hydroxylamine groups is 1. The van der Waals surface area contributed by atoms with Crippen molar-refractivity contribution in [2.45, 2.75) is 38.2 Å². The number of fused-ring (bicyclic) bond motifs is 1. The molecule has 28 heavy (non-hydrogen) atoms. The van der Waals surface area contributed by atoms with Crippen LogP contribution in [0.3, 0.4) is 0 Å². The van der Waals surface area contributed by atoms with E-state index in [0.717, 1.165) is 48.6 Å². The summed E-state index contributed by atoms with van der Waals surface area (Å²) in [6, 6.07) is 14.2. The number of hydrogen-bond donors (Lipinski definition) is 2. The lowest BCUT2D eigenvalue weighted by Crippen LogP contribution is -2.28. The molecule has 0 aliphatic carbocycles. The van der Waals surface area contributed by atoms with Crippen LogP contribution in [0.4, 0.5) is 4.79 Å². The number of unbranched alkanes of at least 4 members (excludes halogenated alkanes) is 2. The Hall–Kier alpha value is -3.28. The van der Waals surface area contributed by atoms with Crippen molar-refractivity contribution in [3.8, 4) is 5.75 Å². The molecule has 148 valence electrons. The van der Waals surface area contributed by atoms with Crippen LogP contribution in [0.25, 0.3) is 10.8 Å². The minimum Gasteiger partial charge on any atom is -0.489 e. The minimum atomic E-state index is -1.05. The van der Waals surface area contributed by atoms with Crippen LogP contribution in [0.15, 0.2) is 67.3 Å². The molecule has 0 aliphatic heterocycles. The summed E-state index contributed by atoms with van der Waals surface area (Å²) in [6.45, 7) is 3.83. The highest BCUT2D eigenvalue weighted by molar-refractivity contribution is 5.88. The van der Waals surface area contributed by atoms with E-state index in [1.165, 1.54) is 6.08 Å². The average molecular weight is 382 g/mol. The van der Waals surface area contributed by atoms with Crippen LogP contribution in [0.5, 0.6) is 5.75 Å². The zero-order valence-corrected chi connectivity index (χ0v) is 15.8. The van der Waals surface area contributed by atoms with Crippen molar-refractivity contribution in [2.24, 2.45) is 5.73 Å². The Labute approximate surface area is 165 Å². The molecule has 1 unspecified atom stereocenters. The summed E-state index contributed by atoms with van der Waals surface area (Å²) in [6.07, 6.45) is 8.18. The Kier molecular flexibility index (Phi) is 8.59. The second-order valence-corrected chi connectivity index (χ2v) is 6.32. The van der Waals surface area contributed by atoms with Crippen molar-refractivity contribution in [1.29, 1.82) is 0 Å². The maximum absolute atomic E-state index is 11.3. The molecule has 0 spiro atoms. The number of carbonyl (C=O) groups is 2. The molecule has 2 aromatic rings. The summed E-state index contributed by atoms with van der Waals surface area (Å²) >= 11 is 0. The van der Waals surface area contributed by atoms with E-state index in [2.05, 4.69) is 29.6 Å². The molecule has 2 rings (SSSR count). The van der Waals surface area contributed by atoms with Crippen LogP contribution in [0.1, 0.15) is 32.1 Å². The standard InChI is InChI=1S/C22H26N2O4/c1-2-10-18(13-5-3-4-6-16-21(25)24-28-22(23)26)27-20-15-9-12-17-11-7-8-14-19(17)20/h2,6-9,11-12,14-16,18H,1,3-5,10,13H2,(H2,23,26)(H,24,25). The van der Waals surface area contributed by atoms with Gasteiger partial charge in [-0.15, -0.1) is 6.58 Å².